The first-order valence-corrected chi connectivity index (χ1v) is 5.27. The smallest absolute Gasteiger partial charge is 0.151 e. The number of ether oxygens (including phenoxy) is 1. The highest BCUT2D eigenvalue weighted by Crippen LogP contribution is 2.32. The molecule has 0 atom stereocenters. The highest BCUT2D eigenvalue weighted by atomic mass is 79.9. The number of carbonyl (C=O) groups is 1. The molecule has 0 aliphatic carbocycles. The molecule has 2 rings (SSSR count). The van der Waals surface area contributed by atoms with Crippen molar-refractivity contribution in [1.29, 1.82) is 0 Å². The first kappa shape index (κ1) is 10.2. The molecule has 0 fully saturated rings. The van der Waals surface area contributed by atoms with Gasteiger partial charge in [0.2, 0.25) is 0 Å². The molecule has 0 saturated heterocycles. The summed E-state index contributed by atoms with van der Waals surface area (Å²) in [6.07, 6.45) is 0.842. The van der Waals surface area contributed by atoms with E-state index in [1.54, 1.807) is 7.11 Å². The zero-order valence-electron chi connectivity index (χ0n) is 8.16. The van der Waals surface area contributed by atoms with Crippen molar-refractivity contribution in [1.82, 2.24) is 0 Å². The van der Waals surface area contributed by atoms with E-state index in [2.05, 4.69) is 15.9 Å². The van der Waals surface area contributed by atoms with E-state index in [9.17, 15) is 4.79 Å². The molecular weight excluding hydrogens is 256 g/mol. The minimum Gasteiger partial charge on any atom is -0.496 e. The second-order valence-electron chi connectivity index (χ2n) is 3.14. The number of fused-ring (bicyclic) bond motifs is 1. The van der Waals surface area contributed by atoms with Gasteiger partial charge < -0.3 is 4.74 Å². The topological polar surface area (TPSA) is 26.3 Å². The summed E-state index contributed by atoms with van der Waals surface area (Å²) in [5.41, 5.74) is 0.630. The number of rotatable bonds is 2. The normalized spacial score (nSPS) is 10.3. The summed E-state index contributed by atoms with van der Waals surface area (Å²) < 4.78 is 6.03. The van der Waals surface area contributed by atoms with Crippen molar-refractivity contribution in [3.63, 3.8) is 0 Å². The minimum atomic E-state index is 0.630. The summed E-state index contributed by atoms with van der Waals surface area (Å²) in [6, 6.07) is 9.53. The maximum absolute atomic E-state index is 11.0. The van der Waals surface area contributed by atoms with Crippen LogP contribution in [0.5, 0.6) is 5.75 Å². The van der Waals surface area contributed by atoms with Crippen LogP contribution in [0.4, 0.5) is 0 Å². The van der Waals surface area contributed by atoms with E-state index in [0.717, 1.165) is 27.3 Å². The van der Waals surface area contributed by atoms with Crippen molar-refractivity contribution in [3.8, 4) is 5.75 Å². The molecule has 2 aromatic carbocycles. The lowest BCUT2D eigenvalue weighted by atomic mass is 10.0. The van der Waals surface area contributed by atoms with Gasteiger partial charge >= 0.3 is 0 Å². The molecule has 76 valence electrons. The lowest BCUT2D eigenvalue weighted by Crippen LogP contribution is -1.90. The number of methoxy groups -OCH3 is 1. The van der Waals surface area contributed by atoms with Crippen LogP contribution in [-0.4, -0.2) is 13.4 Å². The summed E-state index contributed by atoms with van der Waals surface area (Å²) in [6.45, 7) is 0. The summed E-state index contributed by atoms with van der Waals surface area (Å²) in [5, 5.41) is 1.85. The Labute approximate surface area is 96.0 Å². The predicted molar refractivity (Wildman–Crippen MR) is 63.6 cm³/mol. The molecule has 15 heavy (non-hydrogen) atoms. The van der Waals surface area contributed by atoms with E-state index in [4.69, 9.17) is 4.74 Å². The van der Waals surface area contributed by atoms with Gasteiger partial charge in [0.25, 0.3) is 0 Å². The molecule has 0 N–H and O–H groups in total. The Morgan fingerprint density at radius 2 is 2.07 bits per heavy atom. The van der Waals surface area contributed by atoms with Crippen molar-refractivity contribution in [2.24, 2.45) is 0 Å². The van der Waals surface area contributed by atoms with Gasteiger partial charge in [0.15, 0.2) is 6.29 Å². The van der Waals surface area contributed by atoms with Gasteiger partial charge in [-0.3, -0.25) is 4.79 Å². The molecule has 2 aromatic rings. The Morgan fingerprint density at radius 1 is 1.27 bits per heavy atom. The van der Waals surface area contributed by atoms with Crippen LogP contribution in [-0.2, 0) is 0 Å². The molecule has 0 radical (unpaired) electrons. The summed E-state index contributed by atoms with van der Waals surface area (Å²) in [5.74, 6) is 0.718. The number of halogens is 1. The van der Waals surface area contributed by atoms with E-state index in [-0.39, 0.29) is 0 Å². The van der Waals surface area contributed by atoms with E-state index in [1.165, 1.54) is 0 Å². The van der Waals surface area contributed by atoms with E-state index >= 15 is 0 Å². The lowest BCUT2D eigenvalue weighted by Gasteiger charge is -2.08. The van der Waals surface area contributed by atoms with Crippen LogP contribution in [0.25, 0.3) is 10.8 Å². The largest absolute Gasteiger partial charge is 0.496 e. The summed E-state index contributed by atoms with van der Waals surface area (Å²) in [7, 11) is 1.60. The molecule has 0 spiro atoms. The van der Waals surface area contributed by atoms with Crippen molar-refractivity contribution < 1.29 is 9.53 Å². The summed E-state index contributed by atoms with van der Waals surface area (Å²) in [4.78, 5) is 11.0. The van der Waals surface area contributed by atoms with Crippen molar-refractivity contribution in [2.75, 3.05) is 7.11 Å². The number of carbonyl (C=O) groups excluding carboxylic acids is 1. The van der Waals surface area contributed by atoms with Crippen LogP contribution >= 0.6 is 15.9 Å². The standard InChI is InChI=1S/C12H9BrO2/c1-15-11-4-2-3-8-5-6-10(13)9(7-14)12(8)11/h2-7H,1H3. The third kappa shape index (κ3) is 1.63. The monoisotopic (exact) mass is 264 g/mol. The first-order valence-electron chi connectivity index (χ1n) is 4.48. The van der Waals surface area contributed by atoms with Gasteiger partial charge in [-0.1, -0.05) is 34.1 Å². The molecule has 0 unspecified atom stereocenters. The van der Waals surface area contributed by atoms with E-state index in [1.807, 2.05) is 30.3 Å². The van der Waals surface area contributed by atoms with Crippen LogP contribution in [0, 0.1) is 0 Å². The highest BCUT2D eigenvalue weighted by molar-refractivity contribution is 9.10. The molecule has 0 aromatic heterocycles. The third-order valence-corrected chi connectivity index (χ3v) is 3.02. The molecule has 0 bridgehead atoms. The van der Waals surface area contributed by atoms with Crippen LogP contribution in [0.3, 0.4) is 0 Å². The molecule has 0 aliphatic heterocycles. The van der Waals surface area contributed by atoms with Gasteiger partial charge in [-0.2, -0.15) is 0 Å². The van der Waals surface area contributed by atoms with Gasteiger partial charge in [0.05, 0.1) is 7.11 Å². The molecule has 0 heterocycles. The SMILES string of the molecule is COc1cccc2ccc(Br)c(C=O)c12. The van der Waals surface area contributed by atoms with Gasteiger partial charge in [-0.15, -0.1) is 0 Å². The molecule has 0 saturated carbocycles. The van der Waals surface area contributed by atoms with E-state index < -0.39 is 0 Å². The molecular formula is C12H9BrO2. The van der Waals surface area contributed by atoms with Gasteiger partial charge in [-0.05, 0) is 17.5 Å². The Morgan fingerprint density at radius 3 is 2.73 bits per heavy atom. The fourth-order valence-corrected chi connectivity index (χ4v) is 2.06. The number of hydrogen-bond donors (Lipinski definition) is 0. The Hall–Kier alpha value is -1.35. The van der Waals surface area contributed by atoms with Crippen LogP contribution < -0.4 is 4.74 Å². The molecule has 3 heteroatoms. The zero-order chi connectivity index (χ0) is 10.8. The highest BCUT2D eigenvalue weighted by Gasteiger charge is 2.09. The van der Waals surface area contributed by atoms with E-state index in [0.29, 0.717) is 5.56 Å². The van der Waals surface area contributed by atoms with Crippen molar-refractivity contribution in [2.45, 2.75) is 0 Å². The average Bonchev–Trinajstić information content (AvgIpc) is 2.28. The van der Waals surface area contributed by atoms with Crippen molar-refractivity contribution in [3.05, 3.63) is 40.4 Å². The number of hydrogen-bond acceptors (Lipinski definition) is 2. The fraction of sp³-hybridized carbons (Fsp3) is 0.0833. The lowest BCUT2D eigenvalue weighted by molar-refractivity contribution is 0.112. The van der Waals surface area contributed by atoms with Gasteiger partial charge in [0.1, 0.15) is 5.75 Å². The van der Waals surface area contributed by atoms with Crippen LogP contribution in [0.15, 0.2) is 34.8 Å². The quantitative estimate of drug-likeness (QED) is 0.777. The summed E-state index contributed by atoms with van der Waals surface area (Å²) >= 11 is 3.35. The predicted octanol–water partition coefficient (Wildman–Crippen LogP) is 3.42. The Bertz CT molecular complexity index is 520. The number of benzene rings is 2. The Kier molecular flexibility index (Phi) is 2.73. The Balaban J connectivity index is 2.93. The van der Waals surface area contributed by atoms with Crippen LogP contribution in [0.1, 0.15) is 10.4 Å². The first-order chi connectivity index (χ1) is 7.27. The second-order valence-corrected chi connectivity index (χ2v) is 3.99. The number of aldehydes is 1. The molecule has 2 nitrogen and oxygen atoms in total. The fourth-order valence-electron chi connectivity index (χ4n) is 1.63. The van der Waals surface area contributed by atoms with Crippen molar-refractivity contribution >= 4 is 33.0 Å². The average molecular weight is 265 g/mol. The van der Waals surface area contributed by atoms with Gasteiger partial charge in [0, 0.05) is 15.4 Å². The second kappa shape index (κ2) is 4.03. The molecule has 0 amide bonds. The molecule has 0 aliphatic rings. The third-order valence-electron chi connectivity index (χ3n) is 2.33. The minimum absolute atomic E-state index is 0.630. The maximum atomic E-state index is 11.0. The van der Waals surface area contributed by atoms with Crippen LogP contribution in [0.2, 0.25) is 0 Å². The zero-order valence-corrected chi connectivity index (χ0v) is 9.74. The maximum Gasteiger partial charge on any atom is 0.151 e. The van der Waals surface area contributed by atoms with Gasteiger partial charge in [-0.25, -0.2) is 0 Å².